The standard InChI is InChI=1S/C17H20N4O4S/c1-9(22)10-5-12-13(25-8-24-12)6-11(10)18-14(23)7-26-16-19-15(20-21-16)17(2,3)4/h5-6H,7-8H2,1-4H3,(H,18,23)(H,19,20,21). The lowest BCUT2D eigenvalue weighted by molar-refractivity contribution is -0.113. The van der Waals surface area contributed by atoms with Crippen LogP contribution < -0.4 is 14.8 Å². The quantitative estimate of drug-likeness (QED) is 0.610. The van der Waals surface area contributed by atoms with Crippen molar-refractivity contribution >= 4 is 29.1 Å². The average Bonchev–Trinajstić information content (AvgIpc) is 3.20. The number of thioether (sulfide) groups is 1. The zero-order valence-corrected chi connectivity index (χ0v) is 15.8. The van der Waals surface area contributed by atoms with Crippen LogP contribution in [0.5, 0.6) is 11.5 Å². The maximum atomic E-state index is 12.3. The highest BCUT2D eigenvalue weighted by atomic mass is 32.2. The van der Waals surface area contributed by atoms with Crippen LogP contribution >= 0.6 is 11.8 Å². The number of ketones is 1. The van der Waals surface area contributed by atoms with Crippen molar-refractivity contribution in [1.29, 1.82) is 0 Å². The number of aromatic amines is 1. The Kier molecular flexibility index (Phi) is 4.90. The molecule has 138 valence electrons. The van der Waals surface area contributed by atoms with Gasteiger partial charge in [-0.1, -0.05) is 32.5 Å². The molecule has 2 heterocycles. The normalized spacial score (nSPS) is 12.9. The van der Waals surface area contributed by atoms with Crippen molar-refractivity contribution in [1.82, 2.24) is 15.2 Å². The number of H-pyrrole nitrogens is 1. The van der Waals surface area contributed by atoms with Crippen LogP contribution in [0.1, 0.15) is 43.9 Å². The molecule has 1 amide bonds. The van der Waals surface area contributed by atoms with Gasteiger partial charge in [0.2, 0.25) is 17.9 Å². The molecule has 0 bridgehead atoms. The number of nitrogens with one attached hydrogen (secondary N) is 2. The van der Waals surface area contributed by atoms with Gasteiger partial charge < -0.3 is 14.8 Å². The molecule has 1 aromatic heterocycles. The van der Waals surface area contributed by atoms with E-state index in [1.54, 1.807) is 12.1 Å². The Bertz CT molecular complexity index is 857. The van der Waals surface area contributed by atoms with Gasteiger partial charge in [0, 0.05) is 17.0 Å². The van der Waals surface area contributed by atoms with Crippen LogP contribution in [0, 0.1) is 0 Å². The molecule has 0 aliphatic carbocycles. The number of rotatable bonds is 5. The van der Waals surface area contributed by atoms with Crippen LogP contribution in [0.15, 0.2) is 17.3 Å². The van der Waals surface area contributed by atoms with E-state index in [1.165, 1.54) is 18.7 Å². The highest BCUT2D eigenvalue weighted by Crippen LogP contribution is 2.37. The smallest absolute Gasteiger partial charge is 0.234 e. The fourth-order valence-electron chi connectivity index (χ4n) is 2.30. The van der Waals surface area contributed by atoms with Crippen molar-refractivity contribution in [2.24, 2.45) is 0 Å². The molecule has 0 atom stereocenters. The number of hydrogen-bond donors (Lipinski definition) is 2. The SMILES string of the molecule is CC(=O)c1cc2c(cc1NC(=O)CSc1n[nH]c(C(C)(C)C)n1)OCO2. The van der Waals surface area contributed by atoms with Crippen molar-refractivity contribution in [2.45, 2.75) is 38.3 Å². The number of carbonyl (C=O) groups is 2. The average molecular weight is 376 g/mol. The summed E-state index contributed by atoms with van der Waals surface area (Å²) in [5.41, 5.74) is 0.634. The third-order valence-electron chi connectivity index (χ3n) is 3.67. The molecule has 26 heavy (non-hydrogen) atoms. The van der Waals surface area contributed by atoms with Crippen LogP contribution in [-0.4, -0.2) is 39.4 Å². The zero-order valence-electron chi connectivity index (χ0n) is 15.0. The number of benzene rings is 1. The Hall–Kier alpha value is -2.55. The van der Waals surface area contributed by atoms with E-state index in [4.69, 9.17) is 9.47 Å². The summed E-state index contributed by atoms with van der Waals surface area (Å²) < 4.78 is 10.6. The second-order valence-electron chi connectivity index (χ2n) is 6.86. The number of Topliss-reactive ketones (excluding diaryl/α,β-unsaturated/α-hetero) is 1. The Balaban J connectivity index is 1.67. The highest BCUT2D eigenvalue weighted by Gasteiger charge is 2.21. The topological polar surface area (TPSA) is 106 Å². The van der Waals surface area contributed by atoms with Crippen molar-refractivity contribution in [3.63, 3.8) is 0 Å². The van der Waals surface area contributed by atoms with Crippen molar-refractivity contribution in [3.05, 3.63) is 23.5 Å². The second kappa shape index (κ2) is 6.99. The fraction of sp³-hybridized carbons (Fsp3) is 0.412. The number of anilines is 1. The van der Waals surface area contributed by atoms with Gasteiger partial charge in [-0.05, 0) is 13.0 Å². The Morgan fingerprint density at radius 3 is 2.58 bits per heavy atom. The first-order chi connectivity index (χ1) is 12.2. The minimum Gasteiger partial charge on any atom is -0.454 e. The van der Waals surface area contributed by atoms with Gasteiger partial charge in [0.05, 0.1) is 11.4 Å². The van der Waals surface area contributed by atoms with E-state index in [1.807, 2.05) is 20.8 Å². The maximum Gasteiger partial charge on any atom is 0.234 e. The van der Waals surface area contributed by atoms with Crippen LogP contribution in [0.3, 0.4) is 0 Å². The zero-order chi connectivity index (χ0) is 18.9. The molecule has 8 nitrogen and oxygen atoms in total. The molecule has 1 aromatic carbocycles. The number of carbonyl (C=O) groups excluding carboxylic acids is 2. The van der Waals surface area contributed by atoms with Gasteiger partial charge in [0.25, 0.3) is 0 Å². The molecule has 0 saturated heterocycles. The number of aromatic nitrogens is 3. The summed E-state index contributed by atoms with van der Waals surface area (Å²) in [4.78, 5) is 28.5. The predicted molar refractivity (Wildman–Crippen MR) is 97.0 cm³/mol. The van der Waals surface area contributed by atoms with E-state index < -0.39 is 0 Å². The summed E-state index contributed by atoms with van der Waals surface area (Å²) in [6, 6.07) is 3.18. The summed E-state index contributed by atoms with van der Waals surface area (Å²) in [5.74, 6) is 1.44. The molecule has 0 saturated carbocycles. The number of ether oxygens (including phenoxy) is 2. The lowest BCUT2D eigenvalue weighted by Crippen LogP contribution is -2.16. The van der Waals surface area contributed by atoms with E-state index in [0.29, 0.717) is 27.9 Å². The summed E-state index contributed by atoms with van der Waals surface area (Å²) in [6.07, 6.45) is 0. The third kappa shape index (κ3) is 3.98. The number of fused-ring (bicyclic) bond motifs is 1. The van der Waals surface area contributed by atoms with Gasteiger partial charge in [-0.25, -0.2) is 4.98 Å². The molecule has 3 rings (SSSR count). The molecule has 0 unspecified atom stereocenters. The molecular weight excluding hydrogens is 356 g/mol. The first-order valence-electron chi connectivity index (χ1n) is 8.04. The number of nitrogens with zero attached hydrogens (tertiary/aromatic N) is 2. The summed E-state index contributed by atoms with van der Waals surface area (Å²) in [7, 11) is 0. The van der Waals surface area contributed by atoms with E-state index >= 15 is 0 Å². The van der Waals surface area contributed by atoms with Gasteiger partial charge in [-0.15, -0.1) is 5.10 Å². The van der Waals surface area contributed by atoms with E-state index in [9.17, 15) is 9.59 Å². The van der Waals surface area contributed by atoms with Gasteiger partial charge in [0.1, 0.15) is 5.82 Å². The number of amides is 1. The lowest BCUT2D eigenvalue weighted by atomic mass is 9.96. The molecular formula is C17H20N4O4S. The largest absolute Gasteiger partial charge is 0.454 e. The van der Waals surface area contributed by atoms with Gasteiger partial charge in [0.15, 0.2) is 17.3 Å². The highest BCUT2D eigenvalue weighted by molar-refractivity contribution is 7.99. The van der Waals surface area contributed by atoms with Crippen molar-refractivity contribution in [2.75, 3.05) is 17.9 Å². The van der Waals surface area contributed by atoms with E-state index in [2.05, 4.69) is 20.5 Å². The molecule has 0 fully saturated rings. The van der Waals surface area contributed by atoms with Crippen molar-refractivity contribution in [3.8, 4) is 11.5 Å². The molecule has 9 heteroatoms. The third-order valence-corrected chi connectivity index (χ3v) is 4.52. The lowest BCUT2D eigenvalue weighted by Gasteiger charge is -2.12. The molecule has 2 N–H and O–H groups in total. The Morgan fingerprint density at radius 2 is 1.96 bits per heavy atom. The second-order valence-corrected chi connectivity index (χ2v) is 7.80. The molecule has 0 radical (unpaired) electrons. The minimum absolute atomic E-state index is 0.0981. The Morgan fingerprint density at radius 1 is 1.27 bits per heavy atom. The van der Waals surface area contributed by atoms with Crippen molar-refractivity contribution < 1.29 is 19.1 Å². The Labute approximate surface area is 155 Å². The molecule has 2 aromatic rings. The number of hydrogen-bond acceptors (Lipinski definition) is 7. The predicted octanol–water partition coefficient (Wildman–Crippen LogP) is 2.76. The minimum atomic E-state index is -0.265. The summed E-state index contributed by atoms with van der Waals surface area (Å²) in [5, 5.41) is 10.2. The van der Waals surface area contributed by atoms with E-state index in [-0.39, 0.29) is 29.7 Å². The van der Waals surface area contributed by atoms with E-state index in [0.717, 1.165) is 5.82 Å². The van der Waals surface area contributed by atoms with Gasteiger partial charge in [-0.2, -0.15) is 0 Å². The summed E-state index contributed by atoms with van der Waals surface area (Å²) >= 11 is 1.22. The molecule has 0 spiro atoms. The van der Waals surface area contributed by atoms with Gasteiger partial charge >= 0.3 is 0 Å². The fourth-order valence-corrected chi connectivity index (χ4v) is 2.90. The molecule has 1 aliphatic rings. The first-order valence-corrected chi connectivity index (χ1v) is 9.02. The molecule has 1 aliphatic heterocycles. The monoisotopic (exact) mass is 376 g/mol. The van der Waals surface area contributed by atoms with Crippen LogP contribution in [0.2, 0.25) is 0 Å². The first kappa shape index (κ1) is 18.2. The van der Waals surface area contributed by atoms with Crippen LogP contribution in [-0.2, 0) is 10.2 Å². The van der Waals surface area contributed by atoms with Crippen LogP contribution in [0.25, 0.3) is 0 Å². The summed E-state index contributed by atoms with van der Waals surface area (Å²) in [6.45, 7) is 7.61. The van der Waals surface area contributed by atoms with Gasteiger partial charge in [-0.3, -0.25) is 14.7 Å². The van der Waals surface area contributed by atoms with Crippen LogP contribution in [0.4, 0.5) is 5.69 Å². The maximum absolute atomic E-state index is 12.3.